The van der Waals surface area contributed by atoms with Crippen molar-refractivity contribution in [3.63, 3.8) is 0 Å². The van der Waals surface area contributed by atoms with Crippen molar-refractivity contribution >= 4 is 13.8 Å². The number of hydrogen-bond donors (Lipinski definition) is 2. The first-order valence-electron chi connectivity index (χ1n) is 24.0. The first-order chi connectivity index (χ1) is 26.9. The lowest BCUT2D eigenvalue weighted by Crippen LogP contribution is -2.28. The molecule has 2 unspecified atom stereocenters. The van der Waals surface area contributed by atoms with Crippen molar-refractivity contribution in [1.82, 2.24) is 0 Å². The Morgan fingerprint density at radius 2 is 0.800 bits per heavy atom. The second kappa shape index (κ2) is 44.6. The molecule has 9 heteroatoms. The number of rotatable bonds is 47. The van der Waals surface area contributed by atoms with E-state index in [4.69, 9.17) is 24.3 Å². The third-order valence-corrected chi connectivity index (χ3v) is 11.8. The molecule has 0 aliphatic carbocycles. The van der Waals surface area contributed by atoms with Crippen LogP contribution in [0.25, 0.3) is 0 Å². The van der Waals surface area contributed by atoms with Gasteiger partial charge in [-0.15, -0.1) is 0 Å². The zero-order chi connectivity index (χ0) is 40.2. The number of carbonyl (C=O) groups excluding carboxylic acids is 1. The molecule has 330 valence electrons. The maximum absolute atomic E-state index is 12.6. The standard InChI is InChI=1S/C46H94NO7P/c1-3-5-7-9-11-13-15-16-17-18-19-20-21-22-23-24-25-26-27-28-30-32-34-36-38-41-51-43-45(44-53-55(49,50)52-42-40-47)54-46(48)39-37-35-33-31-29-14-12-10-8-6-4-2/h45H,3-44,47H2,1-2H3,(H,49,50). The van der Waals surface area contributed by atoms with Gasteiger partial charge in [-0.3, -0.25) is 13.8 Å². The summed E-state index contributed by atoms with van der Waals surface area (Å²) in [4.78, 5) is 22.4. The molecule has 0 saturated heterocycles. The summed E-state index contributed by atoms with van der Waals surface area (Å²) in [6.45, 7) is 4.98. The van der Waals surface area contributed by atoms with Crippen LogP contribution in [0, 0.1) is 0 Å². The van der Waals surface area contributed by atoms with E-state index in [0.717, 1.165) is 32.1 Å². The number of esters is 1. The summed E-state index contributed by atoms with van der Waals surface area (Å²) in [5.41, 5.74) is 5.37. The van der Waals surface area contributed by atoms with Gasteiger partial charge in [0.25, 0.3) is 0 Å². The van der Waals surface area contributed by atoms with Crippen LogP contribution in [0.4, 0.5) is 0 Å². The lowest BCUT2D eigenvalue weighted by atomic mass is 10.0. The Bertz CT molecular complexity index is 817. The molecule has 0 heterocycles. The van der Waals surface area contributed by atoms with E-state index in [1.165, 1.54) is 199 Å². The highest BCUT2D eigenvalue weighted by atomic mass is 31.2. The summed E-state index contributed by atoms with van der Waals surface area (Å²) in [5.74, 6) is -0.325. The Kier molecular flexibility index (Phi) is 44.2. The highest BCUT2D eigenvalue weighted by Crippen LogP contribution is 2.43. The van der Waals surface area contributed by atoms with Crippen molar-refractivity contribution in [3.05, 3.63) is 0 Å². The second-order valence-electron chi connectivity index (χ2n) is 16.3. The van der Waals surface area contributed by atoms with Crippen molar-refractivity contribution in [1.29, 1.82) is 0 Å². The van der Waals surface area contributed by atoms with Gasteiger partial charge in [-0.2, -0.15) is 0 Å². The minimum Gasteiger partial charge on any atom is -0.457 e. The summed E-state index contributed by atoms with van der Waals surface area (Å²) in [7, 11) is -4.27. The number of hydrogen-bond acceptors (Lipinski definition) is 7. The Labute approximate surface area is 341 Å². The number of unbranched alkanes of at least 4 members (excludes halogenated alkanes) is 34. The topological polar surface area (TPSA) is 117 Å². The Morgan fingerprint density at radius 3 is 1.15 bits per heavy atom. The van der Waals surface area contributed by atoms with Crippen molar-refractivity contribution < 1.29 is 32.8 Å². The monoisotopic (exact) mass is 804 g/mol. The summed E-state index contributed by atoms with van der Waals surface area (Å²) >= 11 is 0. The van der Waals surface area contributed by atoms with E-state index in [9.17, 15) is 14.3 Å². The Morgan fingerprint density at radius 1 is 0.473 bits per heavy atom. The van der Waals surface area contributed by atoms with Crippen LogP contribution < -0.4 is 5.73 Å². The predicted octanol–water partition coefficient (Wildman–Crippen LogP) is 14.5. The average molecular weight is 804 g/mol. The fourth-order valence-electron chi connectivity index (χ4n) is 7.24. The van der Waals surface area contributed by atoms with E-state index < -0.39 is 13.9 Å². The molecule has 0 aromatic rings. The maximum Gasteiger partial charge on any atom is 0.472 e. The normalized spacial score (nSPS) is 13.3. The van der Waals surface area contributed by atoms with Gasteiger partial charge in [-0.1, -0.05) is 232 Å². The van der Waals surface area contributed by atoms with Gasteiger partial charge in [0.15, 0.2) is 0 Å². The van der Waals surface area contributed by atoms with Crippen LogP contribution in [0.3, 0.4) is 0 Å². The lowest BCUT2D eigenvalue weighted by Gasteiger charge is -2.20. The van der Waals surface area contributed by atoms with E-state index >= 15 is 0 Å². The maximum atomic E-state index is 12.6. The summed E-state index contributed by atoms with van der Waals surface area (Å²) in [6, 6.07) is 0. The summed E-state index contributed by atoms with van der Waals surface area (Å²) < 4.78 is 33.5. The van der Waals surface area contributed by atoms with E-state index in [0.29, 0.717) is 13.0 Å². The molecule has 0 aromatic carbocycles. The lowest BCUT2D eigenvalue weighted by molar-refractivity contribution is -0.154. The second-order valence-corrected chi connectivity index (χ2v) is 17.8. The third kappa shape index (κ3) is 44.4. The number of nitrogens with two attached hydrogens (primary N) is 1. The van der Waals surface area contributed by atoms with E-state index in [1.54, 1.807) is 0 Å². The molecule has 2 atom stereocenters. The molecule has 0 amide bonds. The number of phosphoric ester groups is 1. The zero-order valence-electron chi connectivity index (χ0n) is 36.7. The molecule has 8 nitrogen and oxygen atoms in total. The van der Waals surface area contributed by atoms with Crippen LogP contribution >= 0.6 is 7.82 Å². The van der Waals surface area contributed by atoms with Gasteiger partial charge in [-0.05, 0) is 12.8 Å². The molecule has 0 radical (unpaired) electrons. The van der Waals surface area contributed by atoms with E-state index in [1.807, 2.05) is 0 Å². The van der Waals surface area contributed by atoms with Crippen LogP contribution in [-0.2, 0) is 27.9 Å². The molecule has 0 spiro atoms. The molecule has 0 rings (SSSR count). The molecule has 3 N–H and O–H groups in total. The summed E-state index contributed by atoms with van der Waals surface area (Å²) in [5, 5.41) is 0. The minimum absolute atomic E-state index is 0.0901. The average Bonchev–Trinajstić information content (AvgIpc) is 3.17. The fourth-order valence-corrected chi connectivity index (χ4v) is 8.00. The zero-order valence-corrected chi connectivity index (χ0v) is 37.6. The third-order valence-electron chi connectivity index (χ3n) is 10.8. The molecule has 0 aliphatic rings. The highest BCUT2D eigenvalue weighted by molar-refractivity contribution is 7.47. The minimum atomic E-state index is -4.27. The Hall–Kier alpha value is -0.500. The van der Waals surface area contributed by atoms with Crippen LogP contribution in [-0.4, -0.2) is 49.9 Å². The van der Waals surface area contributed by atoms with Crippen molar-refractivity contribution in [2.24, 2.45) is 5.73 Å². The van der Waals surface area contributed by atoms with Gasteiger partial charge in [0, 0.05) is 19.6 Å². The molecule has 0 bridgehead atoms. The van der Waals surface area contributed by atoms with E-state index in [-0.39, 0.29) is 32.3 Å². The largest absolute Gasteiger partial charge is 0.472 e. The molecular weight excluding hydrogens is 709 g/mol. The molecule has 55 heavy (non-hydrogen) atoms. The molecule has 0 saturated carbocycles. The molecular formula is C46H94NO7P. The van der Waals surface area contributed by atoms with Gasteiger partial charge in [0.05, 0.1) is 19.8 Å². The molecule has 0 aromatic heterocycles. The van der Waals surface area contributed by atoms with Gasteiger partial charge in [0.1, 0.15) is 6.10 Å². The van der Waals surface area contributed by atoms with Crippen molar-refractivity contribution in [2.45, 2.75) is 258 Å². The van der Waals surface area contributed by atoms with Crippen LogP contribution in [0.5, 0.6) is 0 Å². The van der Waals surface area contributed by atoms with Crippen molar-refractivity contribution in [3.8, 4) is 0 Å². The number of carbonyl (C=O) groups is 1. The van der Waals surface area contributed by atoms with Gasteiger partial charge in [-0.25, -0.2) is 4.57 Å². The molecule has 0 fully saturated rings. The summed E-state index contributed by atoms with van der Waals surface area (Å²) in [6.07, 6.45) is 47.1. The highest BCUT2D eigenvalue weighted by Gasteiger charge is 2.25. The van der Waals surface area contributed by atoms with Crippen LogP contribution in [0.15, 0.2) is 0 Å². The SMILES string of the molecule is CCCCCCCCCCCCCCCCCCCCCCCCCCCOCC(COP(=O)(O)OCCN)OC(=O)CCCCCCCCCCCCC. The smallest absolute Gasteiger partial charge is 0.457 e. The van der Waals surface area contributed by atoms with Gasteiger partial charge in [0.2, 0.25) is 0 Å². The van der Waals surface area contributed by atoms with E-state index in [2.05, 4.69) is 13.8 Å². The number of ether oxygens (including phenoxy) is 2. The fraction of sp³-hybridized carbons (Fsp3) is 0.978. The molecule has 0 aliphatic heterocycles. The van der Waals surface area contributed by atoms with Crippen LogP contribution in [0.1, 0.15) is 251 Å². The van der Waals surface area contributed by atoms with Crippen LogP contribution in [0.2, 0.25) is 0 Å². The number of phosphoric acid groups is 1. The van der Waals surface area contributed by atoms with Gasteiger partial charge < -0.3 is 20.1 Å². The first kappa shape index (κ1) is 54.5. The predicted molar refractivity (Wildman–Crippen MR) is 234 cm³/mol. The Balaban J connectivity index is 3.80. The first-order valence-corrected chi connectivity index (χ1v) is 25.5. The quantitative estimate of drug-likeness (QED) is 0.0355. The van der Waals surface area contributed by atoms with Crippen molar-refractivity contribution in [2.75, 3.05) is 33.0 Å². The van der Waals surface area contributed by atoms with Gasteiger partial charge >= 0.3 is 13.8 Å².